The van der Waals surface area contributed by atoms with Gasteiger partial charge < -0.3 is 14.7 Å². The SMILES string of the molecule is C#CP(=O)(OC)C(C(=O)O)(C(C)C)C(O)(Cc1ccc(F)cc1-c1ccccc1)c1cccnc1. The third-order valence-electron chi connectivity index (χ3n) is 6.43. The molecule has 0 aliphatic rings. The number of hydrogen-bond donors (Lipinski definition) is 2. The van der Waals surface area contributed by atoms with E-state index in [0.29, 0.717) is 16.7 Å². The summed E-state index contributed by atoms with van der Waals surface area (Å²) >= 11 is 0. The fourth-order valence-electron chi connectivity index (χ4n) is 4.84. The molecule has 3 rings (SSSR count). The maximum Gasteiger partial charge on any atom is 0.324 e. The number of hydrogen-bond acceptors (Lipinski definition) is 5. The van der Waals surface area contributed by atoms with Crippen LogP contribution in [0.4, 0.5) is 4.39 Å². The number of terminal acetylenes is 1. The first-order valence-corrected chi connectivity index (χ1v) is 12.5. The Morgan fingerprint density at radius 2 is 1.89 bits per heavy atom. The first kappa shape index (κ1) is 26.3. The smallest absolute Gasteiger partial charge is 0.324 e. The molecule has 3 unspecified atom stereocenters. The predicted octanol–water partition coefficient (Wildman–Crippen LogP) is 5.31. The number of carboxylic acid groups (broad SMARTS) is 1. The molecule has 0 bridgehead atoms. The maximum absolute atomic E-state index is 14.3. The summed E-state index contributed by atoms with van der Waals surface area (Å²) in [5, 5.41) is 20.6. The largest absolute Gasteiger partial charge is 0.480 e. The minimum atomic E-state index is -4.48. The van der Waals surface area contributed by atoms with Crippen molar-refractivity contribution in [1.29, 1.82) is 0 Å². The van der Waals surface area contributed by atoms with Crippen LogP contribution < -0.4 is 0 Å². The number of benzene rings is 2. The molecular formula is C27H27FNO5P. The summed E-state index contributed by atoms with van der Waals surface area (Å²) in [7, 11) is -3.41. The highest BCUT2D eigenvalue weighted by Gasteiger charge is 2.69. The second-order valence-corrected chi connectivity index (χ2v) is 11.0. The van der Waals surface area contributed by atoms with Crippen LogP contribution in [0, 0.1) is 23.8 Å². The molecule has 8 heteroatoms. The zero-order valence-corrected chi connectivity index (χ0v) is 20.6. The molecule has 3 aromatic rings. The minimum absolute atomic E-state index is 0.0898. The number of nitrogens with zero attached hydrogens (tertiary/aromatic N) is 1. The van der Waals surface area contributed by atoms with E-state index < -0.39 is 35.8 Å². The lowest BCUT2D eigenvalue weighted by Gasteiger charge is -2.48. The Balaban J connectivity index is 2.42. The number of aromatic nitrogens is 1. The van der Waals surface area contributed by atoms with Gasteiger partial charge in [0.15, 0.2) is 5.16 Å². The molecule has 2 N–H and O–H groups in total. The Kier molecular flexibility index (Phi) is 7.62. The molecule has 0 radical (unpaired) electrons. The second kappa shape index (κ2) is 10.1. The van der Waals surface area contributed by atoms with Gasteiger partial charge in [-0.05, 0) is 46.5 Å². The second-order valence-electron chi connectivity index (χ2n) is 8.54. The molecule has 2 aromatic carbocycles. The van der Waals surface area contributed by atoms with Gasteiger partial charge in [0.1, 0.15) is 11.4 Å². The average molecular weight is 495 g/mol. The van der Waals surface area contributed by atoms with Crippen molar-refractivity contribution >= 4 is 13.3 Å². The van der Waals surface area contributed by atoms with Crippen molar-refractivity contribution in [3.8, 4) is 23.2 Å². The number of carbonyl (C=O) groups is 1. The van der Waals surface area contributed by atoms with Gasteiger partial charge in [-0.25, -0.2) is 4.39 Å². The molecule has 0 spiro atoms. The highest BCUT2D eigenvalue weighted by atomic mass is 31.2. The third kappa shape index (κ3) is 4.30. The number of aliphatic hydroxyl groups is 1. The van der Waals surface area contributed by atoms with Gasteiger partial charge in [0.25, 0.3) is 7.37 Å². The van der Waals surface area contributed by atoms with Gasteiger partial charge in [0, 0.05) is 31.5 Å². The molecular weight excluding hydrogens is 468 g/mol. The average Bonchev–Trinajstić information content (AvgIpc) is 2.85. The molecule has 0 aliphatic heterocycles. The Hall–Kier alpha value is -3.30. The number of carboxylic acids is 1. The summed E-state index contributed by atoms with van der Waals surface area (Å²) in [6.07, 6.45) is 8.02. The predicted molar refractivity (Wildman–Crippen MR) is 132 cm³/mol. The summed E-state index contributed by atoms with van der Waals surface area (Å²) in [5.41, 5.74) is 1.32. The van der Waals surface area contributed by atoms with E-state index in [1.807, 2.05) is 6.07 Å². The van der Waals surface area contributed by atoms with Crippen LogP contribution >= 0.6 is 7.37 Å². The zero-order valence-electron chi connectivity index (χ0n) is 19.7. The number of halogens is 1. The van der Waals surface area contributed by atoms with Gasteiger partial charge in [-0.2, -0.15) is 0 Å². The molecule has 6 nitrogen and oxygen atoms in total. The normalized spacial score (nSPS) is 16.5. The van der Waals surface area contributed by atoms with Crippen LogP contribution in [0.5, 0.6) is 0 Å². The monoisotopic (exact) mass is 495 g/mol. The van der Waals surface area contributed by atoms with Gasteiger partial charge in [-0.1, -0.05) is 56.3 Å². The Morgan fingerprint density at radius 3 is 2.40 bits per heavy atom. The fraction of sp³-hybridized carbons (Fsp3) is 0.259. The van der Waals surface area contributed by atoms with E-state index in [2.05, 4.69) is 10.6 Å². The highest BCUT2D eigenvalue weighted by molar-refractivity contribution is 7.67. The molecule has 0 amide bonds. The zero-order chi connectivity index (χ0) is 25.9. The lowest BCUT2D eigenvalue weighted by molar-refractivity contribution is -0.153. The summed E-state index contributed by atoms with van der Waals surface area (Å²) in [6.45, 7) is 3.03. The van der Waals surface area contributed by atoms with Crippen molar-refractivity contribution in [2.45, 2.75) is 31.0 Å². The Labute approximate surface area is 204 Å². The van der Waals surface area contributed by atoms with Crippen LogP contribution in [0.1, 0.15) is 25.0 Å². The summed E-state index contributed by atoms with van der Waals surface area (Å²) in [6, 6.07) is 16.0. The van der Waals surface area contributed by atoms with E-state index >= 15 is 0 Å². The van der Waals surface area contributed by atoms with Gasteiger partial charge in [0.05, 0.1) is 0 Å². The van der Waals surface area contributed by atoms with Crippen molar-refractivity contribution < 1.29 is 28.5 Å². The molecule has 1 aromatic heterocycles. The van der Waals surface area contributed by atoms with Gasteiger partial charge >= 0.3 is 5.97 Å². The summed E-state index contributed by atoms with van der Waals surface area (Å²) in [5.74, 6) is -3.03. The summed E-state index contributed by atoms with van der Waals surface area (Å²) < 4.78 is 33.5. The lowest BCUT2D eigenvalue weighted by Crippen LogP contribution is -2.61. The quantitative estimate of drug-likeness (QED) is 0.308. The van der Waals surface area contributed by atoms with Gasteiger partial charge in [0.2, 0.25) is 0 Å². The van der Waals surface area contributed by atoms with Crippen molar-refractivity contribution in [2.24, 2.45) is 5.92 Å². The Bertz CT molecular complexity index is 1290. The van der Waals surface area contributed by atoms with Gasteiger partial charge in [-0.3, -0.25) is 14.3 Å². The highest BCUT2D eigenvalue weighted by Crippen LogP contribution is 2.68. The van der Waals surface area contributed by atoms with E-state index in [4.69, 9.17) is 10.9 Å². The first-order valence-electron chi connectivity index (χ1n) is 10.9. The van der Waals surface area contributed by atoms with Crippen LogP contribution in [0.25, 0.3) is 11.1 Å². The van der Waals surface area contributed by atoms with Crippen molar-refractivity contribution in [3.63, 3.8) is 0 Å². The Morgan fingerprint density at radius 1 is 1.20 bits per heavy atom. The number of aliphatic carboxylic acids is 1. The van der Waals surface area contributed by atoms with E-state index in [9.17, 15) is 24.0 Å². The van der Waals surface area contributed by atoms with Crippen molar-refractivity contribution in [3.05, 3.63) is 90.0 Å². The van der Waals surface area contributed by atoms with E-state index in [-0.39, 0.29) is 12.0 Å². The number of rotatable bonds is 9. The maximum atomic E-state index is 14.3. The molecule has 0 saturated carbocycles. The summed E-state index contributed by atoms with van der Waals surface area (Å²) in [4.78, 5) is 17.1. The minimum Gasteiger partial charge on any atom is -0.480 e. The third-order valence-corrected chi connectivity index (χ3v) is 9.29. The van der Waals surface area contributed by atoms with Crippen LogP contribution in [-0.4, -0.2) is 33.4 Å². The fourth-order valence-corrected chi connectivity index (χ4v) is 7.06. The van der Waals surface area contributed by atoms with Crippen molar-refractivity contribution in [2.75, 3.05) is 7.11 Å². The molecule has 0 aliphatic carbocycles. The number of pyridine rings is 1. The van der Waals surface area contributed by atoms with Gasteiger partial charge in [-0.15, -0.1) is 6.42 Å². The molecule has 182 valence electrons. The van der Waals surface area contributed by atoms with E-state index in [1.54, 1.807) is 24.3 Å². The molecule has 35 heavy (non-hydrogen) atoms. The standard InChI is InChI=1S/C27H27FNO5P/c1-5-35(33,34-4)27(19(2)3,25(30)31)26(32,22-12-9-15-29-18-22)17-21-13-14-23(28)16-24(21)20-10-7-6-8-11-20/h1,6-16,18-19,32H,17H2,2-4H3,(H,30,31). The molecule has 1 heterocycles. The lowest BCUT2D eigenvalue weighted by atomic mass is 9.70. The molecule has 0 fully saturated rings. The molecule has 0 saturated heterocycles. The van der Waals surface area contributed by atoms with Crippen LogP contribution in [0.2, 0.25) is 0 Å². The first-order chi connectivity index (χ1) is 16.6. The van der Waals surface area contributed by atoms with Crippen LogP contribution in [0.15, 0.2) is 73.1 Å². The van der Waals surface area contributed by atoms with E-state index in [1.165, 1.54) is 56.6 Å². The topological polar surface area (TPSA) is 96.7 Å². The van der Waals surface area contributed by atoms with Crippen LogP contribution in [0.3, 0.4) is 0 Å². The van der Waals surface area contributed by atoms with Crippen molar-refractivity contribution in [1.82, 2.24) is 4.98 Å². The van der Waals surface area contributed by atoms with Crippen LogP contribution in [-0.2, 0) is 25.9 Å². The molecule has 3 atom stereocenters. The van der Waals surface area contributed by atoms with E-state index in [0.717, 1.165) is 7.11 Å².